The van der Waals surface area contributed by atoms with Crippen molar-refractivity contribution in [2.45, 2.75) is 20.8 Å². The molecule has 2 aromatic carbocycles. The first-order valence-corrected chi connectivity index (χ1v) is 7.01. The van der Waals surface area contributed by atoms with Gasteiger partial charge in [-0.15, -0.1) is 0 Å². The topological polar surface area (TPSA) is 46.2 Å². The van der Waals surface area contributed by atoms with Gasteiger partial charge in [-0.25, -0.2) is 0 Å². The van der Waals surface area contributed by atoms with E-state index in [4.69, 9.17) is 0 Å². The van der Waals surface area contributed by atoms with Crippen LogP contribution in [0.1, 0.15) is 35.3 Å². The summed E-state index contributed by atoms with van der Waals surface area (Å²) in [5.41, 5.74) is 2.65. The van der Waals surface area contributed by atoms with E-state index >= 15 is 0 Å². The van der Waals surface area contributed by atoms with Crippen molar-refractivity contribution in [2.24, 2.45) is 5.92 Å². The molecule has 3 nitrogen and oxygen atoms in total. The van der Waals surface area contributed by atoms with Crippen LogP contribution in [0.2, 0.25) is 0 Å². The largest absolute Gasteiger partial charge is 0.325 e. The number of amides is 1. The zero-order chi connectivity index (χ0) is 15.4. The molecule has 0 saturated carbocycles. The minimum Gasteiger partial charge on any atom is -0.325 e. The van der Waals surface area contributed by atoms with Gasteiger partial charge < -0.3 is 5.32 Å². The molecular formula is C18H19NO2. The Morgan fingerprint density at radius 1 is 0.905 bits per heavy atom. The molecule has 0 aliphatic carbocycles. The predicted molar refractivity (Wildman–Crippen MR) is 84.5 cm³/mol. The van der Waals surface area contributed by atoms with E-state index in [1.54, 1.807) is 24.3 Å². The fourth-order valence-electron chi connectivity index (χ4n) is 2.04. The summed E-state index contributed by atoms with van der Waals surface area (Å²) in [7, 11) is 0. The number of carbonyl (C=O) groups is 2. The highest BCUT2D eigenvalue weighted by Crippen LogP contribution is 2.21. The second kappa shape index (κ2) is 6.35. The molecule has 0 unspecified atom stereocenters. The quantitative estimate of drug-likeness (QED) is 0.866. The van der Waals surface area contributed by atoms with Crippen LogP contribution in [0.25, 0.3) is 0 Å². The highest BCUT2D eigenvalue weighted by molar-refractivity contribution is 6.14. The van der Waals surface area contributed by atoms with Gasteiger partial charge in [-0.2, -0.15) is 0 Å². The van der Waals surface area contributed by atoms with Crippen molar-refractivity contribution in [3.8, 4) is 0 Å². The summed E-state index contributed by atoms with van der Waals surface area (Å²) >= 11 is 0. The molecule has 2 rings (SSSR count). The Labute approximate surface area is 125 Å². The smallest absolute Gasteiger partial charge is 0.226 e. The van der Waals surface area contributed by atoms with E-state index in [0.717, 1.165) is 5.56 Å². The molecule has 1 amide bonds. The lowest BCUT2D eigenvalue weighted by atomic mass is 9.98. The average molecular weight is 281 g/mol. The summed E-state index contributed by atoms with van der Waals surface area (Å²) in [4.78, 5) is 24.6. The molecule has 0 radical (unpaired) electrons. The maximum absolute atomic E-state index is 12.7. The van der Waals surface area contributed by atoms with Gasteiger partial charge in [0.25, 0.3) is 0 Å². The van der Waals surface area contributed by atoms with Gasteiger partial charge in [0.2, 0.25) is 5.91 Å². The number of rotatable bonds is 4. The fraction of sp³-hybridized carbons (Fsp3) is 0.222. The summed E-state index contributed by atoms with van der Waals surface area (Å²) < 4.78 is 0. The number of ketones is 1. The van der Waals surface area contributed by atoms with Crippen molar-refractivity contribution in [2.75, 3.05) is 5.32 Å². The average Bonchev–Trinajstić information content (AvgIpc) is 2.47. The van der Waals surface area contributed by atoms with Crippen LogP contribution >= 0.6 is 0 Å². The lowest BCUT2D eigenvalue weighted by molar-refractivity contribution is -0.118. The van der Waals surface area contributed by atoms with Crippen LogP contribution in [0.3, 0.4) is 0 Å². The molecule has 0 spiro atoms. The highest BCUT2D eigenvalue weighted by Gasteiger charge is 2.17. The maximum Gasteiger partial charge on any atom is 0.226 e. The van der Waals surface area contributed by atoms with Crippen LogP contribution in [0, 0.1) is 12.8 Å². The Kier molecular flexibility index (Phi) is 4.53. The second-order valence-electron chi connectivity index (χ2n) is 5.33. The first-order valence-electron chi connectivity index (χ1n) is 7.01. The number of para-hydroxylation sites is 1. The van der Waals surface area contributed by atoms with Crippen LogP contribution in [0.15, 0.2) is 48.5 Å². The number of anilines is 1. The Morgan fingerprint density at radius 3 is 2.10 bits per heavy atom. The molecule has 0 aliphatic rings. The summed E-state index contributed by atoms with van der Waals surface area (Å²) in [5, 5.41) is 2.82. The van der Waals surface area contributed by atoms with Gasteiger partial charge >= 0.3 is 0 Å². The number of hydrogen-bond acceptors (Lipinski definition) is 2. The molecule has 0 bridgehead atoms. The first-order chi connectivity index (χ1) is 10.0. The lowest BCUT2D eigenvalue weighted by Crippen LogP contribution is -2.19. The van der Waals surface area contributed by atoms with E-state index in [1.165, 1.54) is 0 Å². The van der Waals surface area contributed by atoms with Gasteiger partial charge in [0.15, 0.2) is 5.78 Å². The zero-order valence-corrected chi connectivity index (χ0v) is 12.5. The standard InChI is InChI=1S/C18H19NO2/c1-12(2)18(21)19-16-11-7-6-10-15(16)17(20)14-9-5-4-8-13(14)3/h4-12H,1-3H3,(H,19,21). The van der Waals surface area contributed by atoms with E-state index in [0.29, 0.717) is 16.8 Å². The monoisotopic (exact) mass is 281 g/mol. The number of carbonyl (C=O) groups excluding carboxylic acids is 2. The normalized spacial score (nSPS) is 10.5. The second-order valence-corrected chi connectivity index (χ2v) is 5.33. The zero-order valence-electron chi connectivity index (χ0n) is 12.5. The molecule has 108 valence electrons. The van der Waals surface area contributed by atoms with Gasteiger partial charge in [0.05, 0.1) is 5.69 Å². The van der Waals surface area contributed by atoms with Crippen LogP contribution in [0.5, 0.6) is 0 Å². The first kappa shape index (κ1) is 15.0. The molecule has 0 aliphatic heterocycles. The summed E-state index contributed by atoms with van der Waals surface area (Å²) in [5.74, 6) is -0.306. The van der Waals surface area contributed by atoms with E-state index in [1.807, 2.05) is 45.0 Å². The highest BCUT2D eigenvalue weighted by atomic mass is 16.2. The Hall–Kier alpha value is -2.42. The maximum atomic E-state index is 12.7. The molecule has 0 atom stereocenters. The van der Waals surface area contributed by atoms with E-state index in [9.17, 15) is 9.59 Å². The van der Waals surface area contributed by atoms with E-state index in [-0.39, 0.29) is 17.6 Å². The van der Waals surface area contributed by atoms with Crippen molar-refractivity contribution in [1.29, 1.82) is 0 Å². The van der Waals surface area contributed by atoms with Crippen LogP contribution < -0.4 is 5.32 Å². The minimum absolute atomic E-state index is 0.0762. The van der Waals surface area contributed by atoms with Gasteiger partial charge in [0, 0.05) is 17.0 Å². The van der Waals surface area contributed by atoms with Gasteiger partial charge in [-0.1, -0.05) is 50.2 Å². The minimum atomic E-state index is -0.133. The lowest BCUT2D eigenvalue weighted by Gasteiger charge is -2.12. The van der Waals surface area contributed by atoms with Crippen molar-refractivity contribution in [1.82, 2.24) is 0 Å². The van der Waals surface area contributed by atoms with Crippen LogP contribution in [-0.4, -0.2) is 11.7 Å². The van der Waals surface area contributed by atoms with Crippen molar-refractivity contribution in [3.63, 3.8) is 0 Å². The number of benzene rings is 2. The molecule has 0 fully saturated rings. The van der Waals surface area contributed by atoms with Crippen LogP contribution in [-0.2, 0) is 4.79 Å². The van der Waals surface area contributed by atoms with Crippen molar-refractivity contribution >= 4 is 17.4 Å². The Morgan fingerprint density at radius 2 is 1.48 bits per heavy atom. The van der Waals surface area contributed by atoms with Crippen molar-refractivity contribution < 1.29 is 9.59 Å². The molecular weight excluding hydrogens is 262 g/mol. The Balaban J connectivity index is 2.38. The predicted octanol–water partition coefficient (Wildman–Crippen LogP) is 3.82. The number of nitrogens with one attached hydrogen (secondary N) is 1. The molecule has 21 heavy (non-hydrogen) atoms. The molecule has 1 N–H and O–H groups in total. The van der Waals surface area contributed by atoms with Crippen molar-refractivity contribution in [3.05, 3.63) is 65.2 Å². The molecule has 0 aromatic heterocycles. The van der Waals surface area contributed by atoms with Crippen LogP contribution in [0.4, 0.5) is 5.69 Å². The molecule has 2 aromatic rings. The van der Waals surface area contributed by atoms with Gasteiger partial charge in [0.1, 0.15) is 0 Å². The van der Waals surface area contributed by atoms with E-state index in [2.05, 4.69) is 5.32 Å². The third-order valence-electron chi connectivity index (χ3n) is 3.34. The molecule has 3 heteroatoms. The fourth-order valence-corrected chi connectivity index (χ4v) is 2.04. The molecule has 0 heterocycles. The summed E-state index contributed by atoms with van der Waals surface area (Å²) in [6.45, 7) is 5.55. The van der Waals surface area contributed by atoms with Gasteiger partial charge in [-0.3, -0.25) is 9.59 Å². The third-order valence-corrected chi connectivity index (χ3v) is 3.34. The van der Waals surface area contributed by atoms with E-state index < -0.39 is 0 Å². The number of aryl methyl sites for hydroxylation is 1. The van der Waals surface area contributed by atoms with Gasteiger partial charge in [-0.05, 0) is 24.6 Å². The summed E-state index contributed by atoms with van der Waals surface area (Å²) in [6, 6.07) is 14.6. The Bertz CT molecular complexity index is 674. The summed E-state index contributed by atoms with van der Waals surface area (Å²) in [6.07, 6.45) is 0. The third kappa shape index (κ3) is 3.37. The SMILES string of the molecule is Cc1ccccc1C(=O)c1ccccc1NC(=O)C(C)C. The molecule has 0 saturated heterocycles. The number of hydrogen-bond donors (Lipinski definition) is 1.